The zero-order valence-electron chi connectivity index (χ0n) is 11.4. The topological polar surface area (TPSA) is 44.5 Å². The Kier molecular flexibility index (Phi) is 2.27. The third-order valence-electron chi connectivity index (χ3n) is 3.92. The van der Waals surface area contributed by atoms with E-state index in [0.717, 1.165) is 12.1 Å². The van der Waals surface area contributed by atoms with Crippen LogP contribution in [-0.2, 0) is 11.8 Å². The molecule has 0 aliphatic heterocycles. The fourth-order valence-corrected chi connectivity index (χ4v) is 3.18. The minimum absolute atomic E-state index is 0.145. The SMILES string of the molecule is CC=c1[nH]c2c(c1=CC)C(C)(C)Cc1cn[nH]c1-2. The van der Waals surface area contributed by atoms with Crippen LogP contribution in [0.15, 0.2) is 6.20 Å². The maximum absolute atomic E-state index is 4.19. The molecule has 0 bridgehead atoms. The summed E-state index contributed by atoms with van der Waals surface area (Å²) in [5.41, 5.74) is 5.22. The Morgan fingerprint density at radius 3 is 2.67 bits per heavy atom. The summed E-state index contributed by atoms with van der Waals surface area (Å²) in [6.45, 7) is 8.80. The van der Waals surface area contributed by atoms with Gasteiger partial charge in [-0.3, -0.25) is 5.10 Å². The molecule has 0 unspecified atom stereocenters. The van der Waals surface area contributed by atoms with Gasteiger partial charge in [0.25, 0.3) is 0 Å². The van der Waals surface area contributed by atoms with Crippen LogP contribution < -0.4 is 10.6 Å². The maximum atomic E-state index is 4.19. The van der Waals surface area contributed by atoms with E-state index in [0.29, 0.717) is 0 Å². The number of fused-ring (bicyclic) bond motifs is 3. The number of hydrogen-bond donors (Lipinski definition) is 2. The molecule has 2 aromatic heterocycles. The molecule has 0 saturated heterocycles. The van der Waals surface area contributed by atoms with Gasteiger partial charge < -0.3 is 4.98 Å². The van der Waals surface area contributed by atoms with E-state index in [1.165, 1.54) is 27.4 Å². The van der Waals surface area contributed by atoms with Crippen molar-refractivity contribution in [2.24, 2.45) is 0 Å². The minimum atomic E-state index is 0.145. The first-order valence-electron chi connectivity index (χ1n) is 6.46. The predicted molar refractivity (Wildman–Crippen MR) is 74.6 cm³/mol. The molecule has 0 fully saturated rings. The third-order valence-corrected chi connectivity index (χ3v) is 3.92. The number of aromatic amines is 2. The van der Waals surface area contributed by atoms with Gasteiger partial charge in [-0.15, -0.1) is 0 Å². The van der Waals surface area contributed by atoms with Gasteiger partial charge in [-0.1, -0.05) is 26.0 Å². The summed E-state index contributed by atoms with van der Waals surface area (Å²) in [7, 11) is 0. The zero-order valence-corrected chi connectivity index (χ0v) is 11.4. The zero-order chi connectivity index (χ0) is 12.9. The summed E-state index contributed by atoms with van der Waals surface area (Å²) in [6, 6.07) is 0. The highest BCUT2D eigenvalue weighted by atomic mass is 15.1. The van der Waals surface area contributed by atoms with E-state index >= 15 is 0 Å². The highest BCUT2D eigenvalue weighted by Gasteiger charge is 2.34. The fourth-order valence-electron chi connectivity index (χ4n) is 3.18. The van der Waals surface area contributed by atoms with Gasteiger partial charge >= 0.3 is 0 Å². The standard InChI is InChI=1S/C15H19N3/c1-5-10-11(6-2)17-14-12(10)15(3,4)7-9-8-16-18-13(9)14/h5-6,8,17H,7H2,1-4H3,(H,16,18). The molecular weight excluding hydrogens is 222 g/mol. The van der Waals surface area contributed by atoms with Gasteiger partial charge in [0, 0.05) is 10.9 Å². The van der Waals surface area contributed by atoms with Gasteiger partial charge in [-0.05, 0) is 36.5 Å². The third kappa shape index (κ3) is 1.33. The number of nitrogens with zero attached hydrogens (tertiary/aromatic N) is 1. The van der Waals surface area contributed by atoms with Gasteiger partial charge in [0.15, 0.2) is 0 Å². The van der Waals surface area contributed by atoms with Crippen molar-refractivity contribution in [1.29, 1.82) is 0 Å². The van der Waals surface area contributed by atoms with Crippen LogP contribution in [0.2, 0.25) is 0 Å². The normalized spacial score (nSPS) is 18.9. The minimum Gasteiger partial charge on any atom is -0.353 e. The van der Waals surface area contributed by atoms with E-state index in [2.05, 4.69) is 55.0 Å². The fraction of sp³-hybridized carbons (Fsp3) is 0.400. The Morgan fingerprint density at radius 2 is 2.00 bits per heavy atom. The molecule has 0 radical (unpaired) electrons. The molecule has 0 saturated carbocycles. The van der Waals surface area contributed by atoms with Crippen LogP contribution >= 0.6 is 0 Å². The molecule has 2 aromatic rings. The molecule has 2 heterocycles. The Bertz CT molecular complexity index is 713. The summed E-state index contributed by atoms with van der Waals surface area (Å²) in [6.07, 6.45) is 7.33. The van der Waals surface area contributed by atoms with Crippen LogP contribution in [-0.4, -0.2) is 15.2 Å². The van der Waals surface area contributed by atoms with Gasteiger partial charge in [0.1, 0.15) is 0 Å². The molecular formula is C15H19N3. The second-order valence-corrected chi connectivity index (χ2v) is 5.61. The van der Waals surface area contributed by atoms with E-state index in [4.69, 9.17) is 0 Å². The van der Waals surface area contributed by atoms with Crippen LogP contribution in [0.5, 0.6) is 0 Å². The molecule has 18 heavy (non-hydrogen) atoms. The van der Waals surface area contributed by atoms with Crippen LogP contribution in [0.4, 0.5) is 0 Å². The van der Waals surface area contributed by atoms with Crippen LogP contribution in [0.25, 0.3) is 23.5 Å². The highest BCUT2D eigenvalue weighted by molar-refractivity contribution is 5.69. The molecule has 3 nitrogen and oxygen atoms in total. The van der Waals surface area contributed by atoms with Crippen molar-refractivity contribution >= 4 is 12.2 Å². The van der Waals surface area contributed by atoms with Gasteiger partial charge in [-0.25, -0.2) is 0 Å². The predicted octanol–water partition coefficient (Wildman–Crippen LogP) is 1.84. The Balaban J connectivity index is 2.48. The molecule has 0 amide bonds. The van der Waals surface area contributed by atoms with E-state index in [1.54, 1.807) is 0 Å². The average molecular weight is 241 g/mol. The second-order valence-electron chi connectivity index (χ2n) is 5.61. The summed E-state index contributed by atoms with van der Waals surface area (Å²) in [5.74, 6) is 0. The lowest BCUT2D eigenvalue weighted by Gasteiger charge is -2.29. The van der Waals surface area contributed by atoms with Gasteiger partial charge in [-0.2, -0.15) is 5.10 Å². The Labute approximate surface area is 107 Å². The first-order chi connectivity index (χ1) is 8.58. The molecule has 1 aliphatic carbocycles. The largest absolute Gasteiger partial charge is 0.353 e. The van der Waals surface area contributed by atoms with Crippen molar-refractivity contribution in [3.05, 3.63) is 27.9 Å². The van der Waals surface area contributed by atoms with Gasteiger partial charge in [0.05, 0.1) is 17.6 Å². The van der Waals surface area contributed by atoms with E-state index in [1.807, 2.05) is 6.20 Å². The number of H-pyrrole nitrogens is 2. The number of aromatic nitrogens is 3. The van der Waals surface area contributed by atoms with Crippen LogP contribution in [0, 0.1) is 0 Å². The van der Waals surface area contributed by atoms with Gasteiger partial charge in [0.2, 0.25) is 0 Å². The summed E-state index contributed by atoms with van der Waals surface area (Å²) in [5, 5.41) is 9.86. The molecule has 3 heteroatoms. The summed E-state index contributed by atoms with van der Waals surface area (Å²) < 4.78 is 0. The smallest absolute Gasteiger partial charge is 0.0848 e. The van der Waals surface area contributed by atoms with Crippen molar-refractivity contribution in [2.45, 2.75) is 39.5 Å². The number of nitrogens with one attached hydrogen (secondary N) is 2. The molecule has 0 spiro atoms. The average Bonchev–Trinajstić information content (AvgIpc) is 2.90. The molecule has 3 rings (SSSR count). The number of rotatable bonds is 0. The van der Waals surface area contributed by atoms with Crippen LogP contribution in [0.1, 0.15) is 38.8 Å². The van der Waals surface area contributed by atoms with E-state index < -0.39 is 0 Å². The lowest BCUT2D eigenvalue weighted by atomic mass is 9.74. The highest BCUT2D eigenvalue weighted by Crippen LogP contribution is 2.38. The van der Waals surface area contributed by atoms with Crippen molar-refractivity contribution in [2.75, 3.05) is 0 Å². The van der Waals surface area contributed by atoms with E-state index in [9.17, 15) is 0 Å². The van der Waals surface area contributed by atoms with Crippen molar-refractivity contribution in [3.63, 3.8) is 0 Å². The molecule has 0 atom stereocenters. The monoisotopic (exact) mass is 241 g/mol. The summed E-state index contributed by atoms with van der Waals surface area (Å²) in [4.78, 5) is 3.54. The van der Waals surface area contributed by atoms with Crippen molar-refractivity contribution in [3.8, 4) is 11.4 Å². The number of hydrogen-bond acceptors (Lipinski definition) is 1. The second kappa shape index (κ2) is 3.61. The van der Waals surface area contributed by atoms with Crippen molar-refractivity contribution in [1.82, 2.24) is 15.2 Å². The summed E-state index contributed by atoms with van der Waals surface area (Å²) >= 11 is 0. The Morgan fingerprint density at radius 1 is 1.22 bits per heavy atom. The lowest BCUT2D eigenvalue weighted by Crippen LogP contribution is -2.34. The maximum Gasteiger partial charge on any atom is 0.0848 e. The lowest BCUT2D eigenvalue weighted by molar-refractivity contribution is 0.515. The first-order valence-corrected chi connectivity index (χ1v) is 6.46. The molecule has 1 aliphatic rings. The van der Waals surface area contributed by atoms with Crippen molar-refractivity contribution < 1.29 is 0 Å². The molecule has 0 aromatic carbocycles. The van der Waals surface area contributed by atoms with Crippen LogP contribution in [0.3, 0.4) is 0 Å². The van der Waals surface area contributed by atoms with E-state index in [-0.39, 0.29) is 5.41 Å². The molecule has 94 valence electrons. The quantitative estimate of drug-likeness (QED) is 0.726. The molecule has 2 N–H and O–H groups in total. The Hall–Kier alpha value is -1.77. The first kappa shape index (κ1) is 11.3.